The van der Waals surface area contributed by atoms with E-state index >= 15 is 0 Å². The van der Waals surface area contributed by atoms with Gasteiger partial charge >= 0.3 is 0 Å². The van der Waals surface area contributed by atoms with Gasteiger partial charge in [-0.05, 0) is 32.4 Å². The van der Waals surface area contributed by atoms with E-state index in [2.05, 4.69) is 27.8 Å². The molecule has 1 heterocycles. The molecule has 2 aromatic rings. The van der Waals surface area contributed by atoms with Crippen LogP contribution in [0, 0.1) is 0 Å². The number of anilines is 2. The molecule has 1 aromatic heterocycles. The highest BCUT2D eigenvalue weighted by atomic mass is 32.2. The normalized spacial score (nSPS) is 11.8. The first-order valence-corrected chi connectivity index (χ1v) is 9.60. The van der Waals surface area contributed by atoms with E-state index < -0.39 is 0 Å². The number of nitrogens with zero attached hydrogens (tertiary/aromatic N) is 2. The zero-order valence-electron chi connectivity index (χ0n) is 14.0. The lowest BCUT2D eigenvalue weighted by Crippen LogP contribution is -2.22. The minimum absolute atomic E-state index is 0.0922. The smallest absolute Gasteiger partial charge is 0.237 e. The molecular formula is C16H22N4O2S2. The lowest BCUT2D eigenvalue weighted by molar-refractivity contribution is -0.115. The summed E-state index contributed by atoms with van der Waals surface area (Å²) in [5.74, 6) is 0.581. The van der Waals surface area contributed by atoms with Crippen LogP contribution in [0.1, 0.15) is 27.2 Å². The van der Waals surface area contributed by atoms with Crippen LogP contribution in [0.4, 0.5) is 10.8 Å². The molecule has 0 saturated heterocycles. The van der Waals surface area contributed by atoms with Crippen LogP contribution < -0.4 is 15.4 Å². The summed E-state index contributed by atoms with van der Waals surface area (Å²) in [6.45, 7) is 7.27. The number of benzene rings is 1. The molecule has 8 heteroatoms. The number of thioether (sulfide) groups is 1. The minimum Gasteiger partial charge on any atom is -0.492 e. The molecule has 1 unspecified atom stereocenters. The second kappa shape index (κ2) is 9.48. The molecule has 0 fully saturated rings. The molecule has 6 nitrogen and oxygen atoms in total. The predicted octanol–water partition coefficient (Wildman–Crippen LogP) is 3.88. The molecule has 1 amide bonds. The molecule has 1 aromatic carbocycles. The molecule has 0 aliphatic rings. The van der Waals surface area contributed by atoms with E-state index in [9.17, 15) is 4.79 Å². The summed E-state index contributed by atoms with van der Waals surface area (Å²) < 4.78 is 6.30. The van der Waals surface area contributed by atoms with E-state index in [1.54, 1.807) is 0 Å². The number of carbonyl (C=O) groups excluding carboxylic acids is 1. The second-order valence-electron chi connectivity index (χ2n) is 4.98. The highest BCUT2D eigenvalue weighted by Crippen LogP contribution is 2.30. The maximum Gasteiger partial charge on any atom is 0.237 e. The molecule has 0 spiro atoms. The van der Waals surface area contributed by atoms with Gasteiger partial charge in [0.2, 0.25) is 11.0 Å². The average Bonchev–Trinajstić information content (AvgIpc) is 3.02. The number of hydrogen-bond acceptors (Lipinski definition) is 7. The molecule has 0 bridgehead atoms. The van der Waals surface area contributed by atoms with Crippen LogP contribution in [0.3, 0.4) is 0 Å². The number of para-hydroxylation sites is 2. The van der Waals surface area contributed by atoms with E-state index in [4.69, 9.17) is 4.74 Å². The Morgan fingerprint density at radius 2 is 2.12 bits per heavy atom. The Bertz CT molecular complexity index is 663. The van der Waals surface area contributed by atoms with Gasteiger partial charge in [0.25, 0.3) is 0 Å². The largest absolute Gasteiger partial charge is 0.492 e. The number of aromatic nitrogens is 2. The lowest BCUT2D eigenvalue weighted by atomic mass is 10.3. The van der Waals surface area contributed by atoms with Crippen molar-refractivity contribution in [3.63, 3.8) is 0 Å². The van der Waals surface area contributed by atoms with Crippen molar-refractivity contribution in [1.82, 2.24) is 10.2 Å². The molecule has 1 atom stereocenters. The van der Waals surface area contributed by atoms with Crippen LogP contribution in [-0.4, -0.2) is 34.5 Å². The van der Waals surface area contributed by atoms with Crippen LogP contribution in [0.5, 0.6) is 5.75 Å². The van der Waals surface area contributed by atoms with Gasteiger partial charge in [0.1, 0.15) is 5.75 Å². The third kappa shape index (κ3) is 5.38. The summed E-state index contributed by atoms with van der Waals surface area (Å²) in [7, 11) is 0. The standard InChI is InChI=1S/C16H22N4O2S2/c1-4-10-17-15-19-20-16(24-15)23-11(3)14(21)18-12-8-6-7-9-13(12)22-5-2/h6-9,11H,4-5,10H2,1-3H3,(H,17,19)(H,18,21). The zero-order valence-corrected chi connectivity index (χ0v) is 15.7. The third-order valence-electron chi connectivity index (χ3n) is 3.02. The first-order valence-electron chi connectivity index (χ1n) is 7.90. The van der Waals surface area contributed by atoms with Crippen LogP contribution in [-0.2, 0) is 4.79 Å². The summed E-state index contributed by atoms with van der Waals surface area (Å²) in [4.78, 5) is 12.4. The van der Waals surface area contributed by atoms with Crippen molar-refractivity contribution in [3.05, 3.63) is 24.3 Å². The van der Waals surface area contributed by atoms with Crippen molar-refractivity contribution in [3.8, 4) is 5.75 Å². The van der Waals surface area contributed by atoms with Crippen molar-refractivity contribution in [1.29, 1.82) is 0 Å². The number of hydrogen-bond donors (Lipinski definition) is 2. The van der Waals surface area contributed by atoms with E-state index in [0.717, 1.165) is 22.4 Å². The molecule has 0 aliphatic heterocycles. The summed E-state index contributed by atoms with van der Waals surface area (Å²) in [5, 5.41) is 14.8. The first-order chi connectivity index (χ1) is 11.6. The molecule has 0 radical (unpaired) electrons. The van der Waals surface area contributed by atoms with Gasteiger partial charge in [-0.3, -0.25) is 4.79 Å². The summed E-state index contributed by atoms with van der Waals surface area (Å²) >= 11 is 2.86. The predicted molar refractivity (Wildman–Crippen MR) is 100 cm³/mol. The van der Waals surface area contributed by atoms with E-state index in [0.29, 0.717) is 18.0 Å². The number of rotatable bonds is 9. The van der Waals surface area contributed by atoms with Crippen molar-refractivity contribution < 1.29 is 9.53 Å². The van der Waals surface area contributed by atoms with Gasteiger partial charge in [-0.15, -0.1) is 10.2 Å². The molecule has 2 N–H and O–H groups in total. The number of amides is 1. The number of ether oxygens (including phenoxy) is 1. The highest BCUT2D eigenvalue weighted by molar-refractivity contribution is 8.02. The molecular weight excluding hydrogens is 344 g/mol. The van der Waals surface area contributed by atoms with Crippen molar-refractivity contribution in [2.45, 2.75) is 36.8 Å². The van der Waals surface area contributed by atoms with Gasteiger partial charge in [0.05, 0.1) is 17.5 Å². The summed E-state index contributed by atoms with van der Waals surface area (Å²) in [6.07, 6.45) is 1.03. The quantitative estimate of drug-likeness (QED) is 0.656. The van der Waals surface area contributed by atoms with Gasteiger partial charge < -0.3 is 15.4 Å². The molecule has 0 saturated carbocycles. The van der Waals surface area contributed by atoms with Gasteiger partial charge in [0, 0.05) is 6.54 Å². The SMILES string of the molecule is CCCNc1nnc(SC(C)C(=O)Nc2ccccc2OCC)s1. The Kier molecular flexibility index (Phi) is 7.33. The van der Waals surface area contributed by atoms with Crippen LogP contribution in [0.15, 0.2) is 28.6 Å². The molecule has 24 heavy (non-hydrogen) atoms. The summed E-state index contributed by atoms with van der Waals surface area (Å²) in [5.41, 5.74) is 0.680. The topological polar surface area (TPSA) is 76.1 Å². The summed E-state index contributed by atoms with van der Waals surface area (Å²) in [6, 6.07) is 7.42. The van der Waals surface area contributed by atoms with E-state index in [1.807, 2.05) is 38.1 Å². The van der Waals surface area contributed by atoms with Crippen LogP contribution in [0.2, 0.25) is 0 Å². The van der Waals surface area contributed by atoms with Gasteiger partial charge in [0.15, 0.2) is 4.34 Å². The molecule has 2 rings (SSSR count). The Morgan fingerprint density at radius 1 is 1.33 bits per heavy atom. The fourth-order valence-corrected chi connectivity index (χ4v) is 3.77. The first kappa shape index (κ1) is 18.5. The zero-order chi connectivity index (χ0) is 17.4. The van der Waals surface area contributed by atoms with Crippen molar-refractivity contribution in [2.24, 2.45) is 0 Å². The fourth-order valence-electron chi connectivity index (χ4n) is 1.85. The highest BCUT2D eigenvalue weighted by Gasteiger charge is 2.18. The van der Waals surface area contributed by atoms with E-state index in [1.165, 1.54) is 23.1 Å². The minimum atomic E-state index is -0.286. The lowest BCUT2D eigenvalue weighted by Gasteiger charge is -2.13. The Balaban J connectivity index is 1.93. The molecule has 0 aliphatic carbocycles. The maximum atomic E-state index is 12.4. The van der Waals surface area contributed by atoms with Crippen molar-refractivity contribution >= 4 is 39.8 Å². The Hall–Kier alpha value is -1.80. The monoisotopic (exact) mass is 366 g/mol. The van der Waals surface area contributed by atoms with Crippen LogP contribution >= 0.6 is 23.1 Å². The van der Waals surface area contributed by atoms with Gasteiger partial charge in [-0.2, -0.15) is 0 Å². The van der Waals surface area contributed by atoms with E-state index in [-0.39, 0.29) is 11.2 Å². The Morgan fingerprint density at radius 3 is 2.88 bits per heavy atom. The average molecular weight is 367 g/mol. The number of nitrogens with one attached hydrogen (secondary N) is 2. The Labute approximate surface area is 150 Å². The molecule has 130 valence electrons. The van der Waals surface area contributed by atoms with Gasteiger partial charge in [-0.1, -0.05) is 42.2 Å². The fraction of sp³-hybridized carbons (Fsp3) is 0.438. The van der Waals surface area contributed by atoms with Crippen molar-refractivity contribution in [2.75, 3.05) is 23.8 Å². The maximum absolute atomic E-state index is 12.4. The number of carbonyl (C=O) groups is 1. The third-order valence-corrected chi connectivity index (χ3v) is 5.09. The second-order valence-corrected chi connectivity index (χ2v) is 7.54. The van der Waals surface area contributed by atoms with Crippen LogP contribution in [0.25, 0.3) is 0 Å². The van der Waals surface area contributed by atoms with Gasteiger partial charge in [-0.25, -0.2) is 0 Å².